The first kappa shape index (κ1) is 21.8. The van der Waals surface area contributed by atoms with Crippen molar-refractivity contribution in [1.29, 1.82) is 0 Å². The third-order valence-electron chi connectivity index (χ3n) is 7.25. The molecule has 1 saturated heterocycles. The van der Waals surface area contributed by atoms with Gasteiger partial charge in [-0.3, -0.25) is 0 Å². The van der Waals surface area contributed by atoms with Crippen LogP contribution in [0, 0.1) is 12.8 Å². The predicted octanol–water partition coefficient (Wildman–Crippen LogP) is 3.73. The summed E-state index contributed by atoms with van der Waals surface area (Å²) < 4.78 is 18.8. The average molecular weight is 477 g/mol. The quantitative estimate of drug-likeness (QED) is 0.620. The predicted molar refractivity (Wildman–Crippen MR) is 138 cm³/mol. The molecule has 0 amide bonds. The molecular weight excluding hydrogens is 444 g/mol. The van der Waals surface area contributed by atoms with Crippen molar-refractivity contribution in [3.63, 3.8) is 0 Å². The van der Waals surface area contributed by atoms with Crippen LogP contribution < -0.4 is 15.5 Å². The van der Waals surface area contributed by atoms with Crippen molar-refractivity contribution < 1.29 is 4.21 Å². The molecule has 2 fully saturated rings. The number of aromatic nitrogens is 2. The molecule has 7 nitrogen and oxygen atoms in total. The summed E-state index contributed by atoms with van der Waals surface area (Å²) in [6.07, 6.45) is 2.10. The lowest BCUT2D eigenvalue weighted by molar-refractivity contribution is 0.566. The van der Waals surface area contributed by atoms with Crippen molar-refractivity contribution in [3.05, 3.63) is 53.6 Å². The minimum absolute atomic E-state index is 0.136. The van der Waals surface area contributed by atoms with Gasteiger partial charge >= 0.3 is 0 Å². The highest BCUT2D eigenvalue weighted by atomic mass is 32.2. The summed E-state index contributed by atoms with van der Waals surface area (Å²) in [7, 11) is -2.45. The number of rotatable bonds is 3. The van der Waals surface area contributed by atoms with Gasteiger partial charge in [0.1, 0.15) is 5.82 Å². The Morgan fingerprint density at radius 2 is 1.91 bits per heavy atom. The summed E-state index contributed by atoms with van der Waals surface area (Å²) in [6, 6.07) is 14.8. The Labute approximate surface area is 201 Å². The van der Waals surface area contributed by atoms with Gasteiger partial charge in [0.05, 0.1) is 31.9 Å². The smallest absolute Gasteiger partial charge is 0.228 e. The van der Waals surface area contributed by atoms with E-state index >= 15 is 0 Å². The molecular formula is C26H32N6OS. The van der Waals surface area contributed by atoms with Crippen molar-refractivity contribution >= 4 is 32.4 Å². The molecule has 8 heteroatoms. The molecule has 0 spiro atoms. The lowest BCUT2D eigenvalue weighted by atomic mass is 10.1. The molecule has 1 unspecified atom stereocenters. The summed E-state index contributed by atoms with van der Waals surface area (Å²) in [5.74, 6) is 2.54. The summed E-state index contributed by atoms with van der Waals surface area (Å²) in [5.41, 5.74) is 9.54. The van der Waals surface area contributed by atoms with Gasteiger partial charge < -0.3 is 15.5 Å². The first-order valence-corrected chi connectivity index (χ1v) is 13.9. The molecule has 3 heterocycles. The summed E-state index contributed by atoms with van der Waals surface area (Å²) >= 11 is 0. The maximum Gasteiger partial charge on any atom is 0.228 e. The van der Waals surface area contributed by atoms with Gasteiger partial charge in [0.15, 0.2) is 0 Å². The fourth-order valence-electron chi connectivity index (χ4n) is 5.04. The lowest BCUT2D eigenvalue weighted by Gasteiger charge is -2.25. The SMILES string of the molecule is Cc1ccc2nc(N3CCS(=O)(=NC4CC4)c4ccccc4C3)nc(N3C[C@H](C)[C@@H](N)C3)c2c1. The number of nitrogens with two attached hydrogens (primary N) is 1. The van der Waals surface area contributed by atoms with E-state index in [2.05, 4.69) is 47.9 Å². The zero-order chi connectivity index (χ0) is 23.4. The van der Waals surface area contributed by atoms with Gasteiger partial charge in [0.2, 0.25) is 5.95 Å². The molecule has 1 aliphatic carbocycles. The molecule has 2 aromatic carbocycles. The van der Waals surface area contributed by atoms with Crippen LogP contribution >= 0.6 is 0 Å². The Hall–Kier alpha value is -2.71. The first-order chi connectivity index (χ1) is 16.4. The standard InChI is InChI=1S/C26H32N6OS/c1-17-7-10-23-21(13-17)25(32-14-18(2)22(27)16-32)29-26(28-23)31-11-12-34(33,30-20-8-9-20)24-6-4-3-5-19(24)15-31/h3-7,10,13,18,20,22H,8-9,11-12,14-16,27H2,1-2H3/t18-,22-,34?/m0/s1. The molecule has 34 heavy (non-hydrogen) atoms. The summed E-state index contributed by atoms with van der Waals surface area (Å²) in [6.45, 7) is 7.21. The van der Waals surface area contributed by atoms with Gasteiger partial charge in [-0.15, -0.1) is 0 Å². The van der Waals surface area contributed by atoms with E-state index in [1.807, 2.05) is 18.2 Å². The fraction of sp³-hybridized carbons (Fsp3) is 0.462. The lowest BCUT2D eigenvalue weighted by Crippen LogP contribution is -2.30. The minimum atomic E-state index is -2.45. The molecule has 3 aliphatic rings. The molecule has 0 bridgehead atoms. The molecule has 0 radical (unpaired) electrons. The highest BCUT2D eigenvalue weighted by Gasteiger charge is 2.32. The maximum atomic E-state index is 14.0. The third-order valence-corrected chi connectivity index (χ3v) is 9.71. The highest BCUT2D eigenvalue weighted by molar-refractivity contribution is 7.93. The Balaban J connectivity index is 1.44. The van der Waals surface area contributed by atoms with E-state index < -0.39 is 9.73 Å². The number of benzene rings is 2. The van der Waals surface area contributed by atoms with Crippen molar-refractivity contribution in [2.75, 3.05) is 35.2 Å². The van der Waals surface area contributed by atoms with Crippen molar-refractivity contribution in [3.8, 4) is 0 Å². The van der Waals surface area contributed by atoms with E-state index in [1.54, 1.807) is 0 Å². The molecule has 1 aromatic heterocycles. The Bertz CT molecular complexity index is 1370. The maximum absolute atomic E-state index is 14.0. The van der Waals surface area contributed by atoms with Crippen LogP contribution in [-0.4, -0.2) is 51.6 Å². The van der Waals surface area contributed by atoms with Crippen LogP contribution in [0.5, 0.6) is 0 Å². The Kier molecular flexibility index (Phi) is 5.26. The number of nitrogens with zero attached hydrogens (tertiary/aromatic N) is 5. The largest absolute Gasteiger partial charge is 0.354 e. The van der Waals surface area contributed by atoms with Crippen LogP contribution in [0.15, 0.2) is 51.7 Å². The number of hydrogen-bond acceptors (Lipinski definition) is 7. The molecule has 3 aromatic rings. The molecule has 6 rings (SSSR count). The summed E-state index contributed by atoms with van der Waals surface area (Å²) in [5, 5.41) is 1.06. The van der Waals surface area contributed by atoms with E-state index in [9.17, 15) is 4.21 Å². The van der Waals surface area contributed by atoms with Gasteiger partial charge in [-0.05, 0) is 49.4 Å². The second kappa shape index (κ2) is 8.20. The van der Waals surface area contributed by atoms with E-state index in [0.29, 0.717) is 30.7 Å². The average Bonchev–Trinajstić information content (AvgIpc) is 3.59. The van der Waals surface area contributed by atoms with Crippen LogP contribution in [0.3, 0.4) is 0 Å². The highest BCUT2D eigenvalue weighted by Crippen LogP contribution is 2.34. The van der Waals surface area contributed by atoms with Gasteiger partial charge in [0.25, 0.3) is 0 Å². The number of anilines is 2. The van der Waals surface area contributed by atoms with Crippen molar-refractivity contribution in [2.45, 2.75) is 50.2 Å². The van der Waals surface area contributed by atoms with Gasteiger partial charge in [-0.1, -0.05) is 36.8 Å². The van der Waals surface area contributed by atoms with Crippen LogP contribution in [0.2, 0.25) is 0 Å². The molecule has 3 atom stereocenters. The number of hydrogen-bond donors (Lipinski definition) is 1. The molecule has 2 N–H and O–H groups in total. The zero-order valence-electron chi connectivity index (χ0n) is 19.9. The second-order valence-corrected chi connectivity index (χ2v) is 12.5. The fourth-order valence-corrected chi connectivity index (χ4v) is 7.47. The van der Waals surface area contributed by atoms with Crippen molar-refractivity contribution in [2.24, 2.45) is 16.0 Å². The van der Waals surface area contributed by atoms with Crippen LogP contribution in [0.1, 0.15) is 30.9 Å². The molecule has 2 aliphatic heterocycles. The van der Waals surface area contributed by atoms with Crippen LogP contribution in [0.25, 0.3) is 10.9 Å². The number of fused-ring (bicyclic) bond motifs is 2. The Morgan fingerprint density at radius 3 is 2.68 bits per heavy atom. The second-order valence-electron chi connectivity index (χ2n) is 10.1. The van der Waals surface area contributed by atoms with Gasteiger partial charge in [0, 0.05) is 37.6 Å². The van der Waals surface area contributed by atoms with Gasteiger partial charge in [-0.25, -0.2) is 13.6 Å². The Morgan fingerprint density at radius 1 is 1.09 bits per heavy atom. The minimum Gasteiger partial charge on any atom is -0.354 e. The van der Waals surface area contributed by atoms with Crippen LogP contribution in [-0.2, 0) is 16.3 Å². The molecule has 178 valence electrons. The van der Waals surface area contributed by atoms with E-state index in [0.717, 1.165) is 53.1 Å². The van der Waals surface area contributed by atoms with E-state index in [1.165, 1.54) is 5.56 Å². The number of aryl methyl sites for hydroxylation is 1. The van der Waals surface area contributed by atoms with E-state index in [4.69, 9.17) is 20.1 Å². The van der Waals surface area contributed by atoms with E-state index in [-0.39, 0.29) is 12.1 Å². The van der Waals surface area contributed by atoms with Crippen LogP contribution in [0.4, 0.5) is 11.8 Å². The zero-order valence-corrected chi connectivity index (χ0v) is 20.7. The van der Waals surface area contributed by atoms with Gasteiger partial charge in [-0.2, -0.15) is 4.98 Å². The monoisotopic (exact) mass is 476 g/mol. The van der Waals surface area contributed by atoms with Crippen molar-refractivity contribution in [1.82, 2.24) is 9.97 Å². The summed E-state index contributed by atoms with van der Waals surface area (Å²) in [4.78, 5) is 15.5. The normalized spacial score (nSPS) is 27.0. The topological polar surface area (TPSA) is 87.7 Å². The molecule has 1 saturated carbocycles. The third kappa shape index (κ3) is 3.92. The first-order valence-electron chi connectivity index (χ1n) is 12.3.